The number of hydrogen-bond acceptors (Lipinski definition) is 6. The zero-order chi connectivity index (χ0) is 19.6. The largest absolute Gasteiger partial charge is 0.381 e. The van der Waals surface area contributed by atoms with E-state index < -0.39 is 32.7 Å². The van der Waals surface area contributed by atoms with Gasteiger partial charge in [0.25, 0.3) is 11.8 Å². The molecule has 0 spiro atoms. The van der Waals surface area contributed by atoms with Crippen LogP contribution < -0.4 is 11.1 Å². The normalized spacial score (nSPS) is 15.4. The van der Waals surface area contributed by atoms with E-state index in [9.17, 15) is 22.4 Å². The number of anilines is 1. The average Bonchev–Trinajstić information content (AvgIpc) is 3.07. The average molecular weight is 412 g/mol. The number of nitrogens with two attached hydrogens (primary N) is 1. The van der Waals surface area contributed by atoms with Crippen LogP contribution in [0.15, 0.2) is 34.5 Å². The van der Waals surface area contributed by atoms with E-state index in [0.29, 0.717) is 26.1 Å². The molecule has 0 unspecified atom stereocenters. The van der Waals surface area contributed by atoms with Crippen molar-refractivity contribution in [3.8, 4) is 0 Å². The van der Waals surface area contributed by atoms with Gasteiger partial charge in [-0.2, -0.15) is 0 Å². The van der Waals surface area contributed by atoms with E-state index in [-0.39, 0.29) is 20.3 Å². The van der Waals surface area contributed by atoms with Gasteiger partial charge in [-0.15, -0.1) is 11.3 Å². The minimum atomic E-state index is -3.70. The number of carbonyl (C=O) groups is 2. The van der Waals surface area contributed by atoms with Crippen molar-refractivity contribution in [3.05, 3.63) is 47.3 Å². The van der Waals surface area contributed by atoms with Gasteiger partial charge in [0.15, 0.2) is 9.84 Å². The third kappa shape index (κ3) is 4.02. The van der Waals surface area contributed by atoms with Gasteiger partial charge < -0.3 is 15.8 Å². The number of nitrogens with one attached hydrogen (secondary N) is 1. The Morgan fingerprint density at radius 2 is 1.85 bits per heavy atom. The topological polar surface area (TPSA) is 116 Å². The smallest absolute Gasteiger partial charge is 0.259 e. The highest BCUT2D eigenvalue weighted by Crippen LogP contribution is 2.35. The zero-order valence-corrected chi connectivity index (χ0v) is 15.7. The lowest BCUT2D eigenvalue weighted by Gasteiger charge is -2.21. The maximum atomic E-state index is 13.8. The fourth-order valence-electron chi connectivity index (χ4n) is 2.75. The summed E-state index contributed by atoms with van der Waals surface area (Å²) in [6.45, 7) is 0.684. The number of hydrogen-bond donors (Lipinski definition) is 2. The lowest BCUT2D eigenvalue weighted by atomic mass is 10.2. The van der Waals surface area contributed by atoms with Crippen LogP contribution in [0.4, 0.5) is 9.39 Å². The Hall–Kier alpha value is -2.30. The van der Waals surface area contributed by atoms with E-state index in [1.165, 1.54) is 18.2 Å². The lowest BCUT2D eigenvalue weighted by Crippen LogP contribution is -2.28. The van der Waals surface area contributed by atoms with Gasteiger partial charge in [-0.1, -0.05) is 12.1 Å². The molecule has 0 aliphatic carbocycles. The van der Waals surface area contributed by atoms with Crippen LogP contribution in [-0.2, 0) is 14.6 Å². The van der Waals surface area contributed by atoms with Gasteiger partial charge in [0.1, 0.15) is 15.0 Å². The Kier molecular flexibility index (Phi) is 5.59. The molecule has 2 heterocycles. The fourth-order valence-corrected chi connectivity index (χ4v) is 6.09. The molecular formula is C17H17FN2O5S2. The first-order chi connectivity index (χ1) is 12.8. The molecular weight excluding hydrogens is 395 g/mol. The molecule has 0 atom stereocenters. The number of amides is 2. The predicted octanol–water partition coefficient (Wildman–Crippen LogP) is 2.19. The van der Waals surface area contributed by atoms with Crippen molar-refractivity contribution in [1.29, 1.82) is 0 Å². The van der Waals surface area contributed by atoms with E-state index >= 15 is 0 Å². The van der Waals surface area contributed by atoms with Crippen molar-refractivity contribution in [2.75, 3.05) is 18.5 Å². The highest BCUT2D eigenvalue weighted by Gasteiger charge is 2.32. The second kappa shape index (κ2) is 7.75. The van der Waals surface area contributed by atoms with Gasteiger partial charge in [-0.25, -0.2) is 12.8 Å². The zero-order valence-electron chi connectivity index (χ0n) is 14.1. The summed E-state index contributed by atoms with van der Waals surface area (Å²) in [5, 5.41) is 1.74. The molecule has 1 aliphatic rings. The van der Waals surface area contributed by atoms with Gasteiger partial charge in [0.05, 0.1) is 16.4 Å². The third-order valence-corrected chi connectivity index (χ3v) is 8.03. The number of thiophene rings is 1. The first-order valence-corrected chi connectivity index (χ1v) is 10.5. The number of carbonyl (C=O) groups excluding carboxylic acids is 2. The lowest BCUT2D eigenvalue weighted by molar-refractivity contribution is 0.0983. The Morgan fingerprint density at radius 3 is 2.48 bits per heavy atom. The van der Waals surface area contributed by atoms with Gasteiger partial charge in [0, 0.05) is 13.2 Å². The van der Waals surface area contributed by atoms with Crippen molar-refractivity contribution in [3.63, 3.8) is 0 Å². The summed E-state index contributed by atoms with van der Waals surface area (Å²) >= 11 is 0.733. The number of benzene rings is 1. The SMILES string of the molecule is NC(=O)c1cc(S(=O)(=O)C2CCOCC2)sc1NC(=O)c1ccccc1F. The molecule has 0 radical (unpaired) electrons. The summed E-state index contributed by atoms with van der Waals surface area (Å²) in [6, 6.07) is 6.49. The minimum absolute atomic E-state index is 0.0265. The molecule has 0 saturated carbocycles. The highest BCUT2D eigenvalue weighted by molar-refractivity contribution is 7.94. The standard InChI is InChI=1S/C17H17FN2O5S2/c18-13-4-2-1-3-11(13)16(22)20-17-12(15(19)21)9-14(26-17)27(23,24)10-5-7-25-8-6-10/h1-4,9-10H,5-8H2,(H2,19,21)(H,20,22). The molecule has 1 aliphatic heterocycles. The number of primary amides is 1. The van der Waals surface area contributed by atoms with Crippen LogP contribution in [0.25, 0.3) is 0 Å². The monoisotopic (exact) mass is 412 g/mol. The van der Waals surface area contributed by atoms with E-state index in [2.05, 4.69) is 5.32 Å². The van der Waals surface area contributed by atoms with Crippen LogP contribution in [0.2, 0.25) is 0 Å². The molecule has 1 aromatic heterocycles. The second-order valence-electron chi connectivity index (χ2n) is 5.96. The van der Waals surface area contributed by atoms with Crippen LogP contribution >= 0.6 is 11.3 Å². The van der Waals surface area contributed by atoms with Crippen LogP contribution in [0.5, 0.6) is 0 Å². The van der Waals surface area contributed by atoms with Gasteiger partial charge in [-0.3, -0.25) is 9.59 Å². The maximum Gasteiger partial charge on any atom is 0.259 e. The molecule has 2 amide bonds. The summed E-state index contributed by atoms with van der Waals surface area (Å²) in [6.07, 6.45) is 0.701. The van der Waals surface area contributed by atoms with Crippen LogP contribution in [-0.4, -0.2) is 38.7 Å². The fraction of sp³-hybridized carbons (Fsp3) is 0.294. The molecule has 1 aromatic carbocycles. The van der Waals surface area contributed by atoms with E-state index in [0.717, 1.165) is 23.5 Å². The maximum absolute atomic E-state index is 13.8. The number of sulfone groups is 1. The first-order valence-electron chi connectivity index (χ1n) is 8.12. The molecule has 3 N–H and O–H groups in total. The molecule has 10 heteroatoms. The van der Waals surface area contributed by atoms with E-state index in [4.69, 9.17) is 10.5 Å². The molecule has 7 nitrogen and oxygen atoms in total. The van der Waals surface area contributed by atoms with Gasteiger partial charge in [-0.05, 0) is 31.0 Å². The summed E-state index contributed by atoms with van der Waals surface area (Å²) in [5.74, 6) is -2.42. The summed E-state index contributed by atoms with van der Waals surface area (Å²) < 4.78 is 44.5. The Balaban J connectivity index is 1.93. The molecule has 2 aromatic rings. The minimum Gasteiger partial charge on any atom is -0.381 e. The molecule has 3 rings (SSSR count). The number of rotatable bonds is 5. The van der Waals surface area contributed by atoms with Crippen molar-refractivity contribution in [2.45, 2.75) is 22.3 Å². The summed E-state index contributed by atoms with van der Waals surface area (Å²) in [5.41, 5.74) is 4.97. The Morgan fingerprint density at radius 1 is 1.19 bits per heavy atom. The summed E-state index contributed by atoms with van der Waals surface area (Å²) in [7, 11) is -3.70. The molecule has 144 valence electrons. The molecule has 27 heavy (non-hydrogen) atoms. The molecule has 1 saturated heterocycles. The third-order valence-electron chi connectivity index (χ3n) is 4.21. The second-order valence-corrected chi connectivity index (χ2v) is 9.47. The number of ether oxygens (including phenoxy) is 1. The van der Waals surface area contributed by atoms with Gasteiger partial charge in [0.2, 0.25) is 0 Å². The van der Waals surface area contributed by atoms with Crippen LogP contribution in [0, 0.1) is 5.82 Å². The van der Waals surface area contributed by atoms with E-state index in [1.54, 1.807) is 0 Å². The predicted molar refractivity (Wildman–Crippen MR) is 98.2 cm³/mol. The van der Waals surface area contributed by atoms with Crippen molar-refractivity contribution in [1.82, 2.24) is 0 Å². The van der Waals surface area contributed by atoms with Gasteiger partial charge >= 0.3 is 0 Å². The van der Waals surface area contributed by atoms with Crippen molar-refractivity contribution >= 4 is 38.0 Å². The van der Waals surface area contributed by atoms with Crippen LogP contribution in [0.1, 0.15) is 33.6 Å². The Labute approximate surface area is 159 Å². The Bertz CT molecular complexity index is 981. The molecule has 1 fully saturated rings. The van der Waals surface area contributed by atoms with Crippen molar-refractivity contribution < 1.29 is 27.1 Å². The highest BCUT2D eigenvalue weighted by atomic mass is 32.2. The first kappa shape index (κ1) is 19.5. The molecule has 0 bridgehead atoms. The van der Waals surface area contributed by atoms with Crippen LogP contribution in [0.3, 0.4) is 0 Å². The quantitative estimate of drug-likeness (QED) is 0.781. The number of halogens is 1. The summed E-state index contributed by atoms with van der Waals surface area (Å²) in [4.78, 5) is 24.0. The van der Waals surface area contributed by atoms with E-state index in [1.807, 2.05) is 0 Å². The van der Waals surface area contributed by atoms with Crippen molar-refractivity contribution in [2.24, 2.45) is 5.73 Å².